The highest BCUT2D eigenvalue weighted by Gasteiger charge is 2.36. The van der Waals surface area contributed by atoms with E-state index in [0.29, 0.717) is 5.69 Å². The molecule has 112 valence electrons. The molecule has 0 atom stereocenters. The fourth-order valence-electron chi connectivity index (χ4n) is 2.13. The summed E-state index contributed by atoms with van der Waals surface area (Å²) in [6.07, 6.45) is -3.46. The Balaban J connectivity index is 2.67. The van der Waals surface area contributed by atoms with Crippen LogP contribution < -0.4 is 10.5 Å². The van der Waals surface area contributed by atoms with E-state index in [1.54, 1.807) is 18.2 Å². The van der Waals surface area contributed by atoms with Gasteiger partial charge in [0.25, 0.3) is 5.56 Å². The molecule has 0 unspecified atom stereocenters. The zero-order valence-electron chi connectivity index (χ0n) is 11.9. The fraction of sp³-hybridized carbons (Fsp3) is 0.267. The summed E-state index contributed by atoms with van der Waals surface area (Å²) in [5.74, 6) is 0. The Morgan fingerprint density at radius 1 is 1.19 bits per heavy atom. The molecule has 1 aromatic carbocycles. The summed E-state index contributed by atoms with van der Waals surface area (Å²) >= 11 is 0. The van der Waals surface area contributed by atoms with Gasteiger partial charge in [-0.25, -0.2) is 0 Å². The van der Waals surface area contributed by atoms with E-state index in [9.17, 15) is 18.0 Å². The molecule has 0 amide bonds. The zero-order valence-corrected chi connectivity index (χ0v) is 11.9. The number of alkyl halides is 3. The van der Waals surface area contributed by atoms with E-state index in [2.05, 4.69) is 0 Å². The number of nitrogens with zero attached hydrogens (tertiary/aromatic N) is 2. The predicted molar refractivity (Wildman–Crippen MR) is 75.9 cm³/mol. The van der Waals surface area contributed by atoms with E-state index in [0.717, 1.165) is 22.4 Å². The summed E-state index contributed by atoms with van der Waals surface area (Å²) in [6.45, 7) is 1.84. The van der Waals surface area contributed by atoms with Crippen molar-refractivity contribution in [3.63, 3.8) is 0 Å². The van der Waals surface area contributed by atoms with Gasteiger partial charge in [0.2, 0.25) is 0 Å². The van der Waals surface area contributed by atoms with Crippen LogP contribution in [0.15, 0.2) is 41.3 Å². The van der Waals surface area contributed by atoms with Crippen LogP contribution in [-0.2, 0) is 13.2 Å². The quantitative estimate of drug-likeness (QED) is 0.847. The smallest absolute Gasteiger partial charge is 0.340 e. The summed E-state index contributed by atoms with van der Waals surface area (Å²) in [5.41, 5.74) is -0.564. The molecule has 0 fully saturated rings. The number of anilines is 2. The molecule has 0 aliphatic carbocycles. The van der Waals surface area contributed by atoms with E-state index >= 15 is 0 Å². The highest BCUT2D eigenvalue weighted by Crippen LogP contribution is 2.36. The van der Waals surface area contributed by atoms with Crippen LogP contribution in [0.25, 0.3) is 0 Å². The molecule has 3 nitrogen and oxygen atoms in total. The Morgan fingerprint density at radius 3 is 2.43 bits per heavy atom. The first-order chi connectivity index (χ1) is 9.71. The Labute approximate surface area is 120 Å². The lowest BCUT2D eigenvalue weighted by atomic mass is 10.1. The van der Waals surface area contributed by atoms with Gasteiger partial charge in [-0.2, -0.15) is 13.2 Å². The SMILES string of the molecule is Cc1cccc(N(C)c2c(C(F)(F)F)ccn(C)c2=O)c1. The standard InChI is InChI=1S/C15H15F3N2O/c1-10-5-4-6-11(9-10)20(3)13-12(15(16,17)18)7-8-19(2)14(13)21/h4-9H,1-3H3. The lowest BCUT2D eigenvalue weighted by molar-refractivity contribution is -0.137. The van der Waals surface area contributed by atoms with Crippen LogP contribution in [0.5, 0.6) is 0 Å². The summed E-state index contributed by atoms with van der Waals surface area (Å²) in [5, 5.41) is 0. The number of halogens is 3. The van der Waals surface area contributed by atoms with Gasteiger partial charge in [-0.05, 0) is 30.7 Å². The minimum atomic E-state index is -4.58. The van der Waals surface area contributed by atoms with Gasteiger partial charge in [-0.15, -0.1) is 0 Å². The maximum absolute atomic E-state index is 13.1. The van der Waals surface area contributed by atoms with Crippen molar-refractivity contribution in [2.45, 2.75) is 13.1 Å². The molecule has 21 heavy (non-hydrogen) atoms. The molecule has 6 heteroatoms. The number of benzene rings is 1. The van der Waals surface area contributed by atoms with Crippen molar-refractivity contribution in [3.05, 3.63) is 58.0 Å². The van der Waals surface area contributed by atoms with Gasteiger partial charge in [0.05, 0.1) is 5.56 Å². The third kappa shape index (κ3) is 2.94. The van der Waals surface area contributed by atoms with Crippen LogP contribution >= 0.6 is 0 Å². The number of rotatable bonds is 2. The van der Waals surface area contributed by atoms with E-state index in [1.807, 2.05) is 13.0 Å². The second kappa shape index (κ2) is 5.27. The number of aryl methyl sites for hydroxylation is 2. The Bertz CT molecular complexity index is 720. The van der Waals surface area contributed by atoms with Gasteiger partial charge in [-0.1, -0.05) is 12.1 Å². The predicted octanol–water partition coefficient (Wildman–Crippen LogP) is 3.48. The second-order valence-corrected chi connectivity index (χ2v) is 4.89. The number of aromatic nitrogens is 1. The first kappa shape index (κ1) is 15.2. The van der Waals surface area contributed by atoms with Crippen molar-refractivity contribution >= 4 is 11.4 Å². The van der Waals surface area contributed by atoms with Gasteiger partial charge >= 0.3 is 6.18 Å². The molecule has 1 aromatic heterocycles. The van der Waals surface area contributed by atoms with E-state index < -0.39 is 17.3 Å². The first-order valence-electron chi connectivity index (χ1n) is 6.29. The van der Waals surface area contributed by atoms with Crippen molar-refractivity contribution in [1.82, 2.24) is 4.57 Å². The van der Waals surface area contributed by atoms with Crippen LogP contribution in [0.2, 0.25) is 0 Å². The zero-order chi connectivity index (χ0) is 15.8. The number of hydrogen-bond acceptors (Lipinski definition) is 2. The molecule has 0 radical (unpaired) electrons. The molecule has 0 aliphatic rings. The summed E-state index contributed by atoms with van der Waals surface area (Å²) < 4.78 is 40.6. The summed E-state index contributed by atoms with van der Waals surface area (Å²) in [4.78, 5) is 13.4. The minimum absolute atomic E-state index is 0.377. The van der Waals surface area contributed by atoms with Gasteiger partial charge in [0.15, 0.2) is 0 Å². The highest BCUT2D eigenvalue weighted by molar-refractivity contribution is 5.66. The highest BCUT2D eigenvalue weighted by atomic mass is 19.4. The molecular weight excluding hydrogens is 281 g/mol. The molecule has 0 saturated carbocycles. The number of hydrogen-bond donors (Lipinski definition) is 0. The first-order valence-corrected chi connectivity index (χ1v) is 6.29. The second-order valence-electron chi connectivity index (χ2n) is 4.89. The minimum Gasteiger partial charge on any atom is -0.340 e. The topological polar surface area (TPSA) is 25.2 Å². The van der Waals surface area contributed by atoms with Crippen molar-refractivity contribution in [2.75, 3.05) is 11.9 Å². The molecule has 0 N–H and O–H groups in total. The summed E-state index contributed by atoms with van der Waals surface area (Å²) in [7, 11) is 2.89. The Morgan fingerprint density at radius 2 is 1.86 bits per heavy atom. The molecule has 0 saturated heterocycles. The summed E-state index contributed by atoms with van der Waals surface area (Å²) in [6, 6.07) is 7.89. The van der Waals surface area contributed by atoms with Crippen LogP contribution in [0.4, 0.5) is 24.5 Å². The van der Waals surface area contributed by atoms with Crippen molar-refractivity contribution in [1.29, 1.82) is 0 Å². The van der Waals surface area contributed by atoms with Crippen LogP contribution in [-0.4, -0.2) is 11.6 Å². The maximum atomic E-state index is 13.1. The average molecular weight is 296 g/mol. The lowest BCUT2D eigenvalue weighted by Gasteiger charge is -2.23. The van der Waals surface area contributed by atoms with Gasteiger partial charge in [0, 0.05) is 26.0 Å². The monoisotopic (exact) mass is 296 g/mol. The molecule has 2 rings (SSSR count). The van der Waals surface area contributed by atoms with Crippen molar-refractivity contribution < 1.29 is 13.2 Å². The van der Waals surface area contributed by atoms with E-state index in [-0.39, 0.29) is 5.69 Å². The molecule has 2 aromatic rings. The molecule has 1 heterocycles. The average Bonchev–Trinajstić information content (AvgIpc) is 2.39. The van der Waals surface area contributed by atoms with Crippen molar-refractivity contribution in [2.24, 2.45) is 7.05 Å². The van der Waals surface area contributed by atoms with Gasteiger partial charge in [-0.3, -0.25) is 4.79 Å². The third-order valence-electron chi connectivity index (χ3n) is 3.27. The van der Waals surface area contributed by atoms with Gasteiger partial charge in [0.1, 0.15) is 5.69 Å². The maximum Gasteiger partial charge on any atom is 0.418 e. The Hall–Kier alpha value is -2.24. The van der Waals surface area contributed by atoms with Gasteiger partial charge < -0.3 is 9.47 Å². The number of pyridine rings is 1. The molecule has 0 spiro atoms. The molecule has 0 aliphatic heterocycles. The van der Waals surface area contributed by atoms with E-state index in [1.165, 1.54) is 19.0 Å². The van der Waals surface area contributed by atoms with Crippen molar-refractivity contribution in [3.8, 4) is 0 Å². The lowest BCUT2D eigenvalue weighted by Crippen LogP contribution is -2.29. The molecule has 0 bridgehead atoms. The molecular formula is C15H15F3N2O. The fourth-order valence-corrected chi connectivity index (χ4v) is 2.13. The van der Waals surface area contributed by atoms with Crippen LogP contribution in [0, 0.1) is 6.92 Å². The van der Waals surface area contributed by atoms with Crippen LogP contribution in [0.1, 0.15) is 11.1 Å². The van der Waals surface area contributed by atoms with E-state index in [4.69, 9.17) is 0 Å². The largest absolute Gasteiger partial charge is 0.418 e. The van der Waals surface area contributed by atoms with Crippen LogP contribution in [0.3, 0.4) is 0 Å². The third-order valence-corrected chi connectivity index (χ3v) is 3.27. The Kier molecular flexibility index (Phi) is 3.80. The normalized spacial score (nSPS) is 11.5.